The first-order valence-electron chi connectivity index (χ1n) is 11.5. The number of aliphatic hydroxyl groups excluding tert-OH is 1. The summed E-state index contributed by atoms with van der Waals surface area (Å²) in [7, 11) is 0. The van der Waals surface area contributed by atoms with Gasteiger partial charge in [0.25, 0.3) is 0 Å². The number of nitrogens with zero attached hydrogens (tertiary/aromatic N) is 2. The molecule has 2 aromatic rings. The molecule has 2 aliphatic heterocycles. The summed E-state index contributed by atoms with van der Waals surface area (Å²) in [5.41, 5.74) is 1.79. The topological polar surface area (TPSA) is 46.9 Å². The van der Waals surface area contributed by atoms with Gasteiger partial charge in [-0.3, -0.25) is 9.80 Å². The van der Waals surface area contributed by atoms with Crippen LogP contribution < -0.4 is 0 Å². The van der Waals surface area contributed by atoms with Crippen molar-refractivity contribution in [2.45, 2.75) is 56.8 Å². The normalized spacial score (nSPS) is 24.5. The van der Waals surface area contributed by atoms with E-state index in [4.69, 9.17) is 0 Å². The van der Waals surface area contributed by atoms with Gasteiger partial charge >= 0.3 is 0 Å². The van der Waals surface area contributed by atoms with E-state index in [1.54, 1.807) is 19.9 Å². The van der Waals surface area contributed by atoms with Gasteiger partial charge in [-0.1, -0.05) is 42.2 Å². The van der Waals surface area contributed by atoms with Gasteiger partial charge in [0.05, 0.1) is 6.61 Å². The number of benzene rings is 2. The number of aliphatic hydroxyl groups is 2. The predicted molar refractivity (Wildman–Crippen MR) is 125 cm³/mol. The van der Waals surface area contributed by atoms with E-state index in [1.165, 1.54) is 11.6 Å². The molecule has 4 rings (SSSR count). The molecule has 0 unspecified atom stereocenters. The van der Waals surface area contributed by atoms with Gasteiger partial charge in [-0.2, -0.15) is 0 Å². The maximum atomic E-state index is 14.2. The van der Waals surface area contributed by atoms with Crippen LogP contribution in [0.5, 0.6) is 0 Å². The minimum atomic E-state index is -1.02. The first-order chi connectivity index (χ1) is 15.4. The molecule has 0 radical (unpaired) electrons. The van der Waals surface area contributed by atoms with Crippen LogP contribution in [0.2, 0.25) is 0 Å². The van der Waals surface area contributed by atoms with Crippen LogP contribution in [0.25, 0.3) is 0 Å². The lowest BCUT2D eigenvalue weighted by Gasteiger charge is -2.57. The maximum Gasteiger partial charge on any atom is 0.127 e. The largest absolute Gasteiger partial charge is 0.395 e. The fraction of sp³-hybridized carbons (Fsp3) is 0.481. The second-order valence-electron chi connectivity index (χ2n) is 9.55. The van der Waals surface area contributed by atoms with Gasteiger partial charge < -0.3 is 10.2 Å². The average Bonchev–Trinajstić information content (AvgIpc) is 2.74. The highest BCUT2D eigenvalue weighted by Gasteiger charge is 2.49. The van der Waals surface area contributed by atoms with Crippen LogP contribution in [-0.2, 0) is 6.54 Å². The molecule has 2 fully saturated rings. The number of rotatable bonds is 4. The van der Waals surface area contributed by atoms with Crippen molar-refractivity contribution in [2.75, 3.05) is 26.2 Å². The van der Waals surface area contributed by atoms with Crippen LogP contribution in [0.1, 0.15) is 49.3 Å². The molecule has 3 atom stereocenters. The molecule has 2 aliphatic rings. The molecule has 0 bridgehead atoms. The quantitative estimate of drug-likeness (QED) is 0.722. The van der Waals surface area contributed by atoms with Crippen molar-refractivity contribution in [1.29, 1.82) is 0 Å². The summed E-state index contributed by atoms with van der Waals surface area (Å²) < 4.78 is 14.2. The number of hydrogen-bond acceptors (Lipinski definition) is 4. The fourth-order valence-electron chi connectivity index (χ4n) is 5.04. The van der Waals surface area contributed by atoms with Gasteiger partial charge in [0.1, 0.15) is 11.4 Å². The minimum Gasteiger partial charge on any atom is -0.395 e. The first-order valence-corrected chi connectivity index (χ1v) is 11.5. The van der Waals surface area contributed by atoms with Crippen molar-refractivity contribution in [3.63, 3.8) is 0 Å². The fourth-order valence-corrected chi connectivity index (χ4v) is 5.04. The minimum absolute atomic E-state index is 0.113. The Kier molecular flexibility index (Phi) is 6.97. The zero-order valence-corrected chi connectivity index (χ0v) is 19.0. The molecule has 170 valence electrons. The lowest BCUT2D eigenvalue weighted by molar-refractivity contribution is -0.0656. The Morgan fingerprint density at radius 3 is 2.47 bits per heavy atom. The molecule has 5 heteroatoms. The lowest BCUT2D eigenvalue weighted by atomic mass is 9.74. The average molecular weight is 437 g/mol. The Balaban J connectivity index is 1.53. The molecule has 2 aromatic carbocycles. The van der Waals surface area contributed by atoms with Gasteiger partial charge in [-0.05, 0) is 63.5 Å². The van der Waals surface area contributed by atoms with Crippen molar-refractivity contribution in [3.05, 3.63) is 71.0 Å². The van der Waals surface area contributed by atoms with Crippen molar-refractivity contribution >= 4 is 0 Å². The Hall–Kier alpha value is -2.23. The Morgan fingerprint density at radius 1 is 1.06 bits per heavy atom. The van der Waals surface area contributed by atoms with Crippen LogP contribution in [0, 0.1) is 17.7 Å². The standard InChI is InChI=1S/C27H33FN2O2/c1-27(2,32)14-13-20-9-11-21(12-10-20)26-24-18-29(17-22-7-3-4-8-23(22)28)15-5-6-16-30(24)25(26)19-31/h3-4,7-12,24-26,31-32H,5-6,15-19H2,1-2H3/t24-,25+,26+/m1/s1. The summed E-state index contributed by atoms with van der Waals surface area (Å²) >= 11 is 0. The van der Waals surface area contributed by atoms with Gasteiger partial charge in [-0.25, -0.2) is 4.39 Å². The highest BCUT2D eigenvalue weighted by atomic mass is 19.1. The summed E-state index contributed by atoms with van der Waals surface area (Å²) in [4.78, 5) is 4.79. The van der Waals surface area contributed by atoms with Gasteiger partial charge in [-0.15, -0.1) is 0 Å². The van der Waals surface area contributed by atoms with Crippen molar-refractivity contribution in [3.8, 4) is 11.8 Å². The van der Waals surface area contributed by atoms with E-state index < -0.39 is 5.60 Å². The maximum absolute atomic E-state index is 14.2. The van der Waals surface area contributed by atoms with Gasteiger partial charge in [0.2, 0.25) is 0 Å². The van der Waals surface area contributed by atoms with E-state index in [1.807, 2.05) is 24.3 Å². The third-order valence-electron chi connectivity index (χ3n) is 6.61. The molecular weight excluding hydrogens is 403 g/mol. The summed E-state index contributed by atoms with van der Waals surface area (Å²) in [6, 6.07) is 15.6. The SMILES string of the molecule is CC(C)(O)C#Cc1ccc([C@H]2[C@H]3CN(Cc4ccccc4F)CCCCN3[C@H]2CO)cc1. The number of hydrogen-bond donors (Lipinski definition) is 2. The molecule has 4 nitrogen and oxygen atoms in total. The molecular formula is C27H33FN2O2. The summed E-state index contributed by atoms with van der Waals surface area (Å²) in [5, 5.41) is 20.0. The van der Waals surface area contributed by atoms with Crippen LogP contribution in [0.4, 0.5) is 4.39 Å². The zero-order chi connectivity index (χ0) is 22.7. The molecule has 0 amide bonds. The highest BCUT2D eigenvalue weighted by molar-refractivity contribution is 5.40. The van der Waals surface area contributed by atoms with E-state index in [-0.39, 0.29) is 24.4 Å². The van der Waals surface area contributed by atoms with Gasteiger partial charge in [0, 0.05) is 42.2 Å². The number of halogens is 1. The van der Waals surface area contributed by atoms with E-state index in [0.717, 1.165) is 43.6 Å². The Labute approximate surface area is 190 Å². The van der Waals surface area contributed by atoms with Crippen LogP contribution in [0.3, 0.4) is 0 Å². The summed E-state index contributed by atoms with van der Waals surface area (Å²) in [6.07, 6.45) is 2.16. The van der Waals surface area contributed by atoms with E-state index in [0.29, 0.717) is 12.6 Å². The van der Waals surface area contributed by atoms with Crippen LogP contribution in [-0.4, -0.2) is 63.9 Å². The second-order valence-corrected chi connectivity index (χ2v) is 9.55. The Bertz CT molecular complexity index is 974. The monoisotopic (exact) mass is 436 g/mol. The third kappa shape index (κ3) is 5.22. The van der Waals surface area contributed by atoms with Crippen molar-refractivity contribution < 1.29 is 14.6 Å². The van der Waals surface area contributed by atoms with Crippen LogP contribution >= 0.6 is 0 Å². The van der Waals surface area contributed by atoms with Crippen molar-refractivity contribution in [1.82, 2.24) is 9.80 Å². The third-order valence-corrected chi connectivity index (χ3v) is 6.61. The van der Waals surface area contributed by atoms with Gasteiger partial charge in [0.15, 0.2) is 0 Å². The lowest BCUT2D eigenvalue weighted by Crippen LogP contribution is -2.67. The van der Waals surface area contributed by atoms with E-state index >= 15 is 0 Å². The molecule has 32 heavy (non-hydrogen) atoms. The zero-order valence-electron chi connectivity index (χ0n) is 19.0. The summed E-state index contributed by atoms with van der Waals surface area (Å²) in [6.45, 7) is 6.90. The molecule has 0 aliphatic carbocycles. The molecule has 0 aromatic heterocycles. The Morgan fingerprint density at radius 2 is 1.78 bits per heavy atom. The second kappa shape index (κ2) is 9.72. The predicted octanol–water partition coefficient (Wildman–Crippen LogP) is 3.37. The smallest absolute Gasteiger partial charge is 0.127 e. The van der Waals surface area contributed by atoms with E-state index in [9.17, 15) is 14.6 Å². The first kappa shape index (κ1) is 22.9. The molecule has 2 saturated heterocycles. The number of fused-ring (bicyclic) bond motifs is 1. The molecule has 0 saturated carbocycles. The molecule has 0 spiro atoms. The van der Waals surface area contributed by atoms with Crippen LogP contribution in [0.15, 0.2) is 48.5 Å². The van der Waals surface area contributed by atoms with Crippen molar-refractivity contribution in [2.24, 2.45) is 0 Å². The highest BCUT2D eigenvalue weighted by Crippen LogP contribution is 2.42. The molecule has 2 N–H and O–H groups in total. The molecule has 2 heterocycles. The van der Waals surface area contributed by atoms with E-state index in [2.05, 4.69) is 33.8 Å². The summed E-state index contributed by atoms with van der Waals surface area (Å²) in [5.74, 6) is 5.96.